The molecule has 0 aliphatic carbocycles. The molecule has 5 nitrogen and oxygen atoms in total. The van der Waals surface area contributed by atoms with Crippen LogP contribution in [-0.2, 0) is 11.2 Å². The van der Waals surface area contributed by atoms with E-state index in [1.807, 2.05) is 24.3 Å². The lowest BCUT2D eigenvalue weighted by molar-refractivity contribution is -0.142. The summed E-state index contributed by atoms with van der Waals surface area (Å²) in [5.74, 6) is -0.115. The molecule has 0 saturated heterocycles. The number of carbonyl (C=O) groups excluding carboxylic acids is 1. The SMILES string of the molecule is CCCCCCCCc1ccc(C(=O)NCCOC(N)=[NH2+])cc1. The number of hydrogen-bond donors (Lipinski definition) is 3. The van der Waals surface area contributed by atoms with Gasteiger partial charge in [0, 0.05) is 5.56 Å². The van der Waals surface area contributed by atoms with Gasteiger partial charge in [0.25, 0.3) is 5.91 Å². The van der Waals surface area contributed by atoms with Gasteiger partial charge in [-0.2, -0.15) is 0 Å². The van der Waals surface area contributed by atoms with Crippen LogP contribution in [0, 0.1) is 0 Å². The molecule has 23 heavy (non-hydrogen) atoms. The van der Waals surface area contributed by atoms with Crippen molar-refractivity contribution in [3.05, 3.63) is 35.4 Å². The predicted molar refractivity (Wildman–Crippen MR) is 92.9 cm³/mol. The van der Waals surface area contributed by atoms with Crippen LogP contribution in [0.5, 0.6) is 0 Å². The Morgan fingerprint density at radius 2 is 1.78 bits per heavy atom. The van der Waals surface area contributed by atoms with Gasteiger partial charge in [-0.05, 0) is 30.5 Å². The molecule has 0 spiro atoms. The number of amides is 1. The van der Waals surface area contributed by atoms with Crippen molar-refractivity contribution in [2.75, 3.05) is 13.2 Å². The zero-order valence-corrected chi connectivity index (χ0v) is 14.1. The van der Waals surface area contributed by atoms with Crippen LogP contribution in [0.25, 0.3) is 0 Å². The number of carbonyl (C=O) groups is 1. The lowest BCUT2D eigenvalue weighted by Gasteiger charge is -2.06. The lowest BCUT2D eigenvalue weighted by Crippen LogP contribution is -2.48. The van der Waals surface area contributed by atoms with Gasteiger partial charge in [0.2, 0.25) is 0 Å². The van der Waals surface area contributed by atoms with Gasteiger partial charge in [0.05, 0.1) is 6.54 Å². The molecule has 0 radical (unpaired) electrons. The Balaban J connectivity index is 2.24. The van der Waals surface area contributed by atoms with Crippen LogP contribution in [0.4, 0.5) is 0 Å². The average Bonchev–Trinajstić information content (AvgIpc) is 2.55. The van der Waals surface area contributed by atoms with Crippen molar-refractivity contribution in [2.45, 2.75) is 51.9 Å². The van der Waals surface area contributed by atoms with Crippen LogP contribution in [0.1, 0.15) is 61.4 Å². The number of hydrogen-bond acceptors (Lipinski definition) is 2. The highest BCUT2D eigenvalue weighted by Gasteiger charge is 2.05. The molecule has 0 fully saturated rings. The molecule has 5 N–H and O–H groups in total. The molecule has 1 aromatic carbocycles. The Kier molecular flexibility index (Phi) is 9.52. The predicted octanol–water partition coefficient (Wildman–Crippen LogP) is 1.41. The van der Waals surface area contributed by atoms with E-state index in [0.717, 1.165) is 6.42 Å². The van der Waals surface area contributed by atoms with E-state index in [1.165, 1.54) is 44.1 Å². The number of unbranched alkanes of at least 4 members (excludes halogenated alkanes) is 5. The highest BCUT2D eigenvalue weighted by Crippen LogP contribution is 2.11. The minimum atomic E-state index is -0.115. The number of aryl methyl sites for hydroxylation is 1. The topological polar surface area (TPSA) is 89.9 Å². The van der Waals surface area contributed by atoms with Crippen LogP contribution in [0.15, 0.2) is 24.3 Å². The summed E-state index contributed by atoms with van der Waals surface area (Å²) in [4.78, 5) is 11.9. The number of ether oxygens (including phenoxy) is 1. The first-order valence-corrected chi connectivity index (χ1v) is 8.51. The van der Waals surface area contributed by atoms with Gasteiger partial charge in [0.1, 0.15) is 6.61 Å². The number of nitrogens with two attached hydrogens (primary N) is 2. The van der Waals surface area contributed by atoms with Crippen molar-refractivity contribution < 1.29 is 14.9 Å². The zero-order valence-electron chi connectivity index (χ0n) is 14.1. The Labute approximate surface area is 139 Å². The van der Waals surface area contributed by atoms with Gasteiger partial charge < -0.3 is 10.1 Å². The minimum absolute atomic E-state index is 0.0849. The summed E-state index contributed by atoms with van der Waals surface area (Å²) in [6.45, 7) is 2.87. The largest absolute Gasteiger partial charge is 0.437 e. The summed E-state index contributed by atoms with van der Waals surface area (Å²) in [6, 6.07) is 7.71. The summed E-state index contributed by atoms with van der Waals surface area (Å²) in [7, 11) is 0. The van der Waals surface area contributed by atoms with Crippen molar-refractivity contribution in [1.82, 2.24) is 5.32 Å². The fraction of sp³-hybridized carbons (Fsp3) is 0.556. The van der Waals surface area contributed by atoms with Gasteiger partial charge in [-0.1, -0.05) is 51.2 Å². The zero-order chi connectivity index (χ0) is 16.9. The maximum Gasteiger partial charge on any atom is 0.437 e. The van der Waals surface area contributed by atoms with Crippen LogP contribution < -0.4 is 16.5 Å². The number of nitrogens with one attached hydrogen (secondary N) is 1. The van der Waals surface area contributed by atoms with E-state index in [-0.39, 0.29) is 18.5 Å². The molecule has 128 valence electrons. The van der Waals surface area contributed by atoms with E-state index in [1.54, 1.807) is 0 Å². The fourth-order valence-electron chi connectivity index (χ4n) is 2.37. The molecule has 0 aliphatic heterocycles. The van der Waals surface area contributed by atoms with E-state index in [9.17, 15) is 4.79 Å². The Hall–Kier alpha value is -2.04. The smallest absolute Gasteiger partial charge is 0.430 e. The molecular weight excluding hydrogens is 290 g/mol. The summed E-state index contributed by atoms with van der Waals surface area (Å²) in [6.07, 6.45) is 8.85. The van der Waals surface area contributed by atoms with E-state index in [4.69, 9.17) is 15.9 Å². The maximum absolute atomic E-state index is 11.9. The Morgan fingerprint density at radius 1 is 1.13 bits per heavy atom. The first-order chi connectivity index (χ1) is 11.1. The normalized spacial score (nSPS) is 10.3. The Morgan fingerprint density at radius 3 is 2.43 bits per heavy atom. The quantitative estimate of drug-likeness (QED) is 0.327. The second-order valence-electron chi connectivity index (χ2n) is 5.72. The second kappa shape index (κ2) is 11.5. The molecule has 0 aromatic heterocycles. The number of benzene rings is 1. The van der Waals surface area contributed by atoms with Crippen LogP contribution in [-0.4, -0.2) is 25.1 Å². The summed E-state index contributed by atoms with van der Waals surface area (Å²) in [5, 5.41) is 7.93. The van der Waals surface area contributed by atoms with Gasteiger partial charge in [-0.25, -0.2) is 0 Å². The molecule has 1 aromatic rings. The monoisotopic (exact) mass is 320 g/mol. The molecule has 0 aliphatic rings. The minimum Gasteiger partial charge on any atom is -0.430 e. The van der Waals surface area contributed by atoms with E-state index in [2.05, 4.69) is 12.2 Å². The summed E-state index contributed by atoms with van der Waals surface area (Å²) in [5.41, 5.74) is 7.11. The van der Waals surface area contributed by atoms with Gasteiger partial charge in [-0.3, -0.25) is 15.9 Å². The number of amidine groups is 1. The Bertz CT molecular complexity index is 472. The molecule has 1 amide bonds. The van der Waals surface area contributed by atoms with Crippen molar-refractivity contribution in [3.8, 4) is 0 Å². The maximum atomic E-state index is 11.9. The van der Waals surface area contributed by atoms with Gasteiger partial charge >= 0.3 is 6.02 Å². The second-order valence-corrected chi connectivity index (χ2v) is 5.72. The molecule has 0 atom stereocenters. The molecule has 1 rings (SSSR count). The third kappa shape index (κ3) is 8.86. The van der Waals surface area contributed by atoms with Crippen molar-refractivity contribution >= 4 is 11.9 Å². The number of rotatable bonds is 11. The van der Waals surface area contributed by atoms with Crippen LogP contribution in [0.3, 0.4) is 0 Å². The third-order valence-corrected chi connectivity index (χ3v) is 3.69. The summed E-state index contributed by atoms with van der Waals surface area (Å²) >= 11 is 0. The molecule has 5 heteroatoms. The van der Waals surface area contributed by atoms with Crippen molar-refractivity contribution in [1.29, 1.82) is 0 Å². The fourth-order valence-corrected chi connectivity index (χ4v) is 2.37. The molecule has 0 saturated carbocycles. The van der Waals surface area contributed by atoms with E-state index in [0.29, 0.717) is 12.1 Å². The molecule has 0 bridgehead atoms. The molecule has 0 unspecified atom stereocenters. The third-order valence-electron chi connectivity index (χ3n) is 3.69. The highest BCUT2D eigenvalue weighted by molar-refractivity contribution is 5.94. The van der Waals surface area contributed by atoms with Crippen LogP contribution in [0.2, 0.25) is 0 Å². The lowest BCUT2D eigenvalue weighted by atomic mass is 10.0. The first kappa shape index (κ1) is 19.0. The van der Waals surface area contributed by atoms with Crippen molar-refractivity contribution in [2.24, 2.45) is 5.73 Å². The van der Waals surface area contributed by atoms with Gasteiger partial charge in [-0.15, -0.1) is 0 Å². The molecule has 0 heterocycles. The van der Waals surface area contributed by atoms with Crippen molar-refractivity contribution in [3.63, 3.8) is 0 Å². The average molecular weight is 320 g/mol. The molecular formula is C18H30N3O2+. The highest BCUT2D eigenvalue weighted by atomic mass is 16.5. The van der Waals surface area contributed by atoms with Crippen LogP contribution >= 0.6 is 0 Å². The summed E-state index contributed by atoms with van der Waals surface area (Å²) < 4.78 is 4.88. The van der Waals surface area contributed by atoms with E-state index < -0.39 is 0 Å². The van der Waals surface area contributed by atoms with E-state index >= 15 is 0 Å². The standard InChI is InChI=1S/C18H29N3O2/c1-2-3-4-5-6-7-8-15-9-11-16(12-10-15)17(22)21-13-14-23-18(19)20/h9-12H,2-8,13-14H2,1H3,(H3,19,20)(H,21,22)/p+1. The first-order valence-electron chi connectivity index (χ1n) is 8.51. The van der Waals surface area contributed by atoms with Gasteiger partial charge in [0.15, 0.2) is 0 Å².